The summed E-state index contributed by atoms with van der Waals surface area (Å²) in [6, 6.07) is 45.7. The van der Waals surface area contributed by atoms with Gasteiger partial charge < -0.3 is 13.6 Å². The standard InChI is InChI=1S/C38H20N4O/c39-21-23-15-17-34-31(19-23)28-11-2-3-13-32(28)41(34)25-8-6-9-26(20-25)42-33-14-4-1-10-27(33)29-16-18-35-36(37(29)42)30-12-5-7-24(22-40)38(30)43-35/h1-20H. The van der Waals surface area contributed by atoms with E-state index in [-0.39, 0.29) is 0 Å². The van der Waals surface area contributed by atoms with Gasteiger partial charge in [0.2, 0.25) is 0 Å². The number of furan rings is 1. The lowest BCUT2D eigenvalue weighted by Crippen LogP contribution is -1.98. The molecule has 5 heteroatoms. The van der Waals surface area contributed by atoms with Crippen molar-refractivity contribution in [2.45, 2.75) is 0 Å². The van der Waals surface area contributed by atoms with E-state index in [1.54, 1.807) is 6.07 Å². The normalized spacial score (nSPS) is 11.7. The van der Waals surface area contributed by atoms with Crippen LogP contribution in [0.2, 0.25) is 0 Å². The first-order chi connectivity index (χ1) is 21.2. The Bertz CT molecular complexity index is 2710. The predicted octanol–water partition coefficient (Wildman–Crippen LogP) is 9.52. The molecule has 9 rings (SSSR count). The molecule has 0 atom stereocenters. The van der Waals surface area contributed by atoms with Crippen molar-refractivity contribution in [3.05, 3.63) is 132 Å². The zero-order valence-corrected chi connectivity index (χ0v) is 22.7. The molecule has 0 N–H and O–H groups in total. The van der Waals surface area contributed by atoms with E-state index >= 15 is 0 Å². The Kier molecular flexibility index (Phi) is 4.68. The monoisotopic (exact) mass is 548 g/mol. The summed E-state index contributed by atoms with van der Waals surface area (Å²) in [6.45, 7) is 0. The molecule has 0 aliphatic rings. The Balaban J connectivity index is 1.40. The van der Waals surface area contributed by atoms with Crippen molar-refractivity contribution in [1.82, 2.24) is 9.13 Å². The highest BCUT2D eigenvalue weighted by molar-refractivity contribution is 6.25. The lowest BCUT2D eigenvalue weighted by Gasteiger charge is -2.13. The number of hydrogen-bond acceptors (Lipinski definition) is 3. The van der Waals surface area contributed by atoms with E-state index in [1.165, 1.54) is 0 Å². The Morgan fingerprint density at radius 2 is 1.19 bits per heavy atom. The maximum Gasteiger partial charge on any atom is 0.153 e. The first-order valence-corrected chi connectivity index (χ1v) is 14.1. The van der Waals surface area contributed by atoms with Crippen LogP contribution in [0.5, 0.6) is 0 Å². The van der Waals surface area contributed by atoms with Crippen LogP contribution in [-0.4, -0.2) is 9.13 Å². The number of rotatable bonds is 2. The van der Waals surface area contributed by atoms with Gasteiger partial charge in [0.1, 0.15) is 11.7 Å². The number of hydrogen-bond donors (Lipinski definition) is 0. The van der Waals surface area contributed by atoms with Gasteiger partial charge in [-0.3, -0.25) is 0 Å². The minimum atomic E-state index is 0.525. The number of para-hydroxylation sites is 3. The zero-order valence-electron chi connectivity index (χ0n) is 22.7. The van der Waals surface area contributed by atoms with Crippen LogP contribution in [0.25, 0.3) is 76.9 Å². The van der Waals surface area contributed by atoms with Crippen LogP contribution in [0.1, 0.15) is 11.1 Å². The molecular weight excluding hydrogens is 528 g/mol. The molecule has 43 heavy (non-hydrogen) atoms. The molecule has 0 aliphatic heterocycles. The van der Waals surface area contributed by atoms with Crippen LogP contribution in [0.4, 0.5) is 0 Å². The van der Waals surface area contributed by atoms with Crippen molar-refractivity contribution >= 4 is 65.6 Å². The van der Waals surface area contributed by atoms with E-state index < -0.39 is 0 Å². The third-order valence-electron chi connectivity index (χ3n) is 8.56. The van der Waals surface area contributed by atoms with Gasteiger partial charge in [-0.1, -0.05) is 54.6 Å². The molecule has 0 spiro atoms. The summed E-state index contributed by atoms with van der Waals surface area (Å²) in [6.07, 6.45) is 0. The third kappa shape index (κ3) is 3.14. The summed E-state index contributed by atoms with van der Waals surface area (Å²) in [5, 5.41) is 25.7. The smallest absolute Gasteiger partial charge is 0.153 e. The average Bonchev–Trinajstić information content (AvgIpc) is 3.72. The van der Waals surface area contributed by atoms with Crippen molar-refractivity contribution in [2.75, 3.05) is 0 Å². The Morgan fingerprint density at radius 1 is 0.512 bits per heavy atom. The van der Waals surface area contributed by atoms with Gasteiger partial charge in [-0.15, -0.1) is 0 Å². The van der Waals surface area contributed by atoms with Gasteiger partial charge in [0.15, 0.2) is 5.58 Å². The second kappa shape index (κ2) is 8.60. The fourth-order valence-corrected chi connectivity index (χ4v) is 6.79. The maximum absolute atomic E-state index is 9.79. The van der Waals surface area contributed by atoms with Crippen LogP contribution < -0.4 is 0 Å². The van der Waals surface area contributed by atoms with E-state index in [9.17, 15) is 10.5 Å². The van der Waals surface area contributed by atoms with Gasteiger partial charge in [0.05, 0.1) is 44.6 Å². The fraction of sp³-hybridized carbons (Fsp3) is 0. The van der Waals surface area contributed by atoms with Gasteiger partial charge in [0, 0.05) is 38.3 Å². The highest BCUT2D eigenvalue weighted by Gasteiger charge is 2.21. The van der Waals surface area contributed by atoms with Gasteiger partial charge in [-0.2, -0.15) is 10.5 Å². The van der Waals surface area contributed by atoms with Crippen LogP contribution in [0.3, 0.4) is 0 Å². The quantitative estimate of drug-likeness (QED) is 0.216. The molecule has 0 amide bonds. The highest BCUT2D eigenvalue weighted by Crippen LogP contribution is 2.42. The largest absolute Gasteiger partial charge is 0.455 e. The molecule has 198 valence electrons. The van der Waals surface area contributed by atoms with Crippen molar-refractivity contribution in [3.8, 4) is 23.5 Å². The number of nitrogens with zero attached hydrogens (tertiary/aromatic N) is 4. The molecule has 5 nitrogen and oxygen atoms in total. The molecule has 0 unspecified atom stereocenters. The maximum atomic E-state index is 9.79. The summed E-state index contributed by atoms with van der Waals surface area (Å²) in [4.78, 5) is 0. The Labute approximate surface area is 245 Å². The first kappa shape index (κ1) is 23.4. The van der Waals surface area contributed by atoms with E-state index in [4.69, 9.17) is 4.42 Å². The average molecular weight is 549 g/mol. The third-order valence-corrected chi connectivity index (χ3v) is 8.56. The van der Waals surface area contributed by atoms with Gasteiger partial charge in [-0.05, 0) is 66.7 Å². The van der Waals surface area contributed by atoms with Gasteiger partial charge in [0.25, 0.3) is 0 Å². The number of fused-ring (bicyclic) bond motifs is 10. The second-order valence-corrected chi connectivity index (χ2v) is 10.8. The van der Waals surface area contributed by atoms with E-state index in [0.29, 0.717) is 16.7 Å². The molecule has 9 aromatic rings. The number of aromatic nitrogens is 2. The topological polar surface area (TPSA) is 70.6 Å². The van der Waals surface area contributed by atoms with E-state index in [2.05, 4.69) is 94.1 Å². The molecule has 0 saturated heterocycles. The summed E-state index contributed by atoms with van der Waals surface area (Å²) >= 11 is 0. The lowest BCUT2D eigenvalue weighted by molar-refractivity contribution is 0.668. The SMILES string of the molecule is N#Cc1ccc2c(c1)c1ccccc1n2-c1cccc(-n2c3ccccc3c3ccc4oc5c(C#N)cccc5c4c32)c1. The van der Waals surface area contributed by atoms with Crippen LogP contribution in [0.15, 0.2) is 126 Å². The Hall–Kier alpha value is -6.30. The molecule has 0 saturated carbocycles. The molecule has 0 radical (unpaired) electrons. The van der Waals surface area contributed by atoms with E-state index in [1.807, 2.05) is 42.5 Å². The summed E-state index contributed by atoms with van der Waals surface area (Å²) < 4.78 is 10.9. The second-order valence-electron chi connectivity index (χ2n) is 10.8. The molecule has 0 bridgehead atoms. The summed E-state index contributed by atoms with van der Waals surface area (Å²) in [7, 11) is 0. The number of nitriles is 2. The van der Waals surface area contributed by atoms with E-state index in [0.717, 1.165) is 71.3 Å². The lowest BCUT2D eigenvalue weighted by atomic mass is 10.1. The predicted molar refractivity (Wildman–Crippen MR) is 172 cm³/mol. The molecule has 3 aromatic heterocycles. The first-order valence-electron chi connectivity index (χ1n) is 14.1. The molecule has 0 aliphatic carbocycles. The van der Waals surface area contributed by atoms with Gasteiger partial charge in [-0.25, -0.2) is 0 Å². The minimum Gasteiger partial charge on any atom is -0.455 e. The molecular formula is C38H20N4O. The minimum absolute atomic E-state index is 0.525. The molecule has 0 fully saturated rings. The summed E-state index contributed by atoms with van der Waals surface area (Å²) in [5.74, 6) is 0. The molecule has 6 aromatic carbocycles. The Morgan fingerprint density at radius 3 is 1.98 bits per heavy atom. The number of benzene rings is 6. The fourth-order valence-electron chi connectivity index (χ4n) is 6.79. The van der Waals surface area contributed by atoms with Crippen LogP contribution in [-0.2, 0) is 0 Å². The van der Waals surface area contributed by atoms with Crippen molar-refractivity contribution in [1.29, 1.82) is 10.5 Å². The summed E-state index contributed by atoms with van der Waals surface area (Å²) in [5.41, 5.74) is 8.84. The van der Waals surface area contributed by atoms with Crippen molar-refractivity contribution in [2.24, 2.45) is 0 Å². The van der Waals surface area contributed by atoms with Crippen molar-refractivity contribution in [3.63, 3.8) is 0 Å². The van der Waals surface area contributed by atoms with Crippen molar-refractivity contribution < 1.29 is 4.42 Å². The van der Waals surface area contributed by atoms with Gasteiger partial charge >= 0.3 is 0 Å². The zero-order chi connectivity index (χ0) is 28.7. The molecule has 3 heterocycles. The van der Waals surface area contributed by atoms with Crippen LogP contribution in [0, 0.1) is 22.7 Å². The highest BCUT2D eigenvalue weighted by atomic mass is 16.3. The van der Waals surface area contributed by atoms with Crippen LogP contribution >= 0.6 is 0 Å².